The smallest absolute Gasteiger partial charge is 0.270 e. The molecule has 1 aromatic carbocycles. The van der Waals surface area contributed by atoms with Crippen molar-refractivity contribution in [2.24, 2.45) is 5.92 Å². The van der Waals surface area contributed by atoms with Gasteiger partial charge in [0.25, 0.3) is 5.56 Å². The number of hydrogen-bond acceptors (Lipinski definition) is 8. The van der Waals surface area contributed by atoms with Crippen molar-refractivity contribution < 1.29 is 4.39 Å². The molecule has 1 aliphatic rings. The summed E-state index contributed by atoms with van der Waals surface area (Å²) in [6, 6.07) is 5.45. The number of halogens is 2. The normalized spacial score (nSPS) is 14.6. The molecule has 0 spiro atoms. The van der Waals surface area contributed by atoms with Gasteiger partial charge in [0.05, 0.1) is 11.6 Å². The van der Waals surface area contributed by atoms with Gasteiger partial charge >= 0.3 is 0 Å². The fraction of sp³-hybridized carbons (Fsp3) is 0.211. The predicted octanol–water partition coefficient (Wildman–Crippen LogP) is 2.42. The van der Waals surface area contributed by atoms with Crippen molar-refractivity contribution in [1.29, 1.82) is 0 Å². The average molecular weight is 442 g/mol. The van der Waals surface area contributed by atoms with Crippen LogP contribution >= 0.6 is 11.6 Å². The van der Waals surface area contributed by atoms with Crippen molar-refractivity contribution in [1.82, 2.24) is 29.7 Å². The Labute approximate surface area is 179 Å². The maximum atomic E-state index is 14.5. The van der Waals surface area contributed by atoms with Gasteiger partial charge in [0.2, 0.25) is 5.95 Å². The Morgan fingerprint density at radius 2 is 2.03 bits per heavy atom. The second kappa shape index (κ2) is 7.20. The molecule has 0 saturated heterocycles. The molecule has 12 heteroatoms. The Morgan fingerprint density at radius 3 is 2.74 bits per heavy atom. The molecular weight excluding hydrogens is 425 g/mol. The summed E-state index contributed by atoms with van der Waals surface area (Å²) in [6.45, 7) is 0. The van der Waals surface area contributed by atoms with E-state index in [0.29, 0.717) is 5.82 Å². The van der Waals surface area contributed by atoms with Crippen molar-refractivity contribution in [3.63, 3.8) is 0 Å². The molecule has 1 saturated carbocycles. The topological polar surface area (TPSA) is 153 Å². The number of H-pyrrole nitrogens is 1. The third-order valence-electron chi connectivity index (χ3n) is 5.15. The first-order valence-corrected chi connectivity index (χ1v) is 9.88. The van der Waals surface area contributed by atoms with Crippen LogP contribution in [-0.4, -0.2) is 29.7 Å². The van der Waals surface area contributed by atoms with Crippen molar-refractivity contribution in [2.75, 3.05) is 16.8 Å². The lowest BCUT2D eigenvalue weighted by Crippen LogP contribution is -2.30. The molecule has 6 N–H and O–H groups in total. The SMILES string of the molecule is Nc1nc(N)c(Cl)c(N[C@H](c2nc3cccc(F)c3c(=O)n2-c2cc[nH]n2)C2CC2)n1. The molecule has 0 unspecified atom stereocenters. The van der Waals surface area contributed by atoms with Gasteiger partial charge in [-0.2, -0.15) is 15.1 Å². The molecule has 1 aliphatic carbocycles. The lowest BCUT2D eigenvalue weighted by atomic mass is 10.1. The van der Waals surface area contributed by atoms with E-state index in [4.69, 9.17) is 23.1 Å². The summed E-state index contributed by atoms with van der Waals surface area (Å²) in [5.41, 5.74) is 11.2. The van der Waals surface area contributed by atoms with Crippen LogP contribution < -0.4 is 22.3 Å². The molecule has 4 aromatic rings. The average Bonchev–Trinajstić information content (AvgIpc) is 3.43. The van der Waals surface area contributed by atoms with E-state index in [0.717, 1.165) is 12.8 Å². The number of benzene rings is 1. The minimum absolute atomic E-state index is 0.0319. The van der Waals surface area contributed by atoms with Crippen molar-refractivity contribution in [2.45, 2.75) is 18.9 Å². The van der Waals surface area contributed by atoms with Crippen LogP contribution in [0.4, 0.5) is 22.0 Å². The summed E-state index contributed by atoms with van der Waals surface area (Å²) < 4.78 is 15.8. The van der Waals surface area contributed by atoms with E-state index < -0.39 is 17.4 Å². The van der Waals surface area contributed by atoms with E-state index in [2.05, 4.69) is 30.5 Å². The number of fused-ring (bicyclic) bond motifs is 1. The Balaban J connectivity index is 1.74. The molecule has 0 amide bonds. The molecule has 5 rings (SSSR count). The lowest BCUT2D eigenvalue weighted by Gasteiger charge is -2.23. The maximum absolute atomic E-state index is 14.5. The summed E-state index contributed by atoms with van der Waals surface area (Å²) in [5, 5.41) is 10.0. The number of hydrogen-bond donors (Lipinski definition) is 4. The highest BCUT2D eigenvalue weighted by atomic mass is 35.5. The molecule has 3 aromatic heterocycles. The number of aromatic amines is 1. The van der Waals surface area contributed by atoms with E-state index in [1.165, 1.54) is 16.7 Å². The van der Waals surface area contributed by atoms with Crippen molar-refractivity contribution in [3.05, 3.63) is 57.5 Å². The molecule has 1 fully saturated rings. The zero-order valence-corrected chi connectivity index (χ0v) is 16.8. The summed E-state index contributed by atoms with van der Waals surface area (Å²) in [5.74, 6) is 0.340. The quantitative estimate of drug-likeness (QED) is 0.368. The van der Waals surface area contributed by atoms with Crippen LogP contribution in [0.3, 0.4) is 0 Å². The monoisotopic (exact) mass is 441 g/mol. The first kappa shape index (κ1) is 19.2. The summed E-state index contributed by atoms with van der Waals surface area (Å²) >= 11 is 6.28. The molecule has 31 heavy (non-hydrogen) atoms. The van der Waals surface area contributed by atoms with Crippen LogP contribution in [0.5, 0.6) is 0 Å². The standard InChI is InChI=1S/C19H17ClFN9O/c20-13-15(22)27-19(23)28-16(13)26-14(8-4-5-8)17-25-10-3-1-2-9(21)12(10)18(31)30(17)11-6-7-24-29-11/h1-3,6-8,14H,4-5H2,(H,24,29)(H5,22,23,26,27,28)/t14-/m0/s1. The van der Waals surface area contributed by atoms with Crippen molar-refractivity contribution >= 4 is 40.1 Å². The second-order valence-electron chi connectivity index (χ2n) is 7.27. The van der Waals surface area contributed by atoms with Gasteiger partial charge in [-0.15, -0.1) is 0 Å². The van der Waals surface area contributed by atoms with Crippen LogP contribution in [0.15, 0.2) is 35.3 Å². The molecule has 0 bridgehead atoms. The van der Waals surface area contributed by atoms with Crippen LogP contribution in [0.25, 0.3) is 16.7 Å². The van der Waals surface area contributed by atoms with Crippen LogP contribution in [0, 0.1) is 11.7 Å². The highest BCUT2D eigenvalue weighted by Gasteiger charge is 2.37. The van der Waals surface area contributed by atoms with E-state index >= 15 is 0 Å². The van der Waals surface area contributed by atoms with Crippen LogP contribution in [0.2, 0.25) is 5.02 Å². The molecule has 3 heterocycles. The van der Waals surface area contributed by atoms with Crippen LogP contribution in [0.1, 0.15) is 24.7 Å². The molecule has 0 radical (unpaired) electrons. The maximum Gasteiger partial charge on any atom is 0.270 e. The van der Waals surface area contributed by atoms with Gasteiger partial charge in [0.15, 0.2) is 11.6 Å². The van der Waals surface area contributed by atoms with E-state index in [9.17, 15) is 9.18 Å². The zero-order valence-electron chi connectivity index (χ0n) is 16.0. The molecular formula is C19H17ClFN9O. The van der Waals surface area contributed by atoms with Gasteiger partial charge in [0.1, 0.15) is 27.9 Å². The fourth-order valence-electron chi connectivity index (χ4n) is 3.56. The summed E-state index contributed by atoms with van der Waals surface area (Å²) in [4.78, 5) is 26.0. The molecule has 0 aliphatic heterocycles. The number of anilines is 3. The molecule has 1 atom stereocenters. The van der Waals surface area contributed by atoms with Gasteiger partial charge in [0, 0.05) is 12.3 Å². The number of nitrogens with two attached hydrogens (primary N) is 2. The van der Waals surface area contributed by atoms with Crippen molar-refractivity contribution in [3.8, 4) is 5.82 Å². The third-order valence-corrected chi connectivity index (χ3v) is 5.52. The third kappa shape index (κ3) is 3.32. The lowest BCUT2D eigenvalue weighted by molar-refractivity contribution is 0.600. The summed E-state index contributed by atoms with van der Waals surface area (Å²) in [7, 11) is 0. The van der Waals surface area contributed by atoms with E-state index in [1.54, 1.807) is 18.3 Å². The van der Waals surface area contributed by atoms with E-state index in [1.807, 2.05) is 0 Å². The minimum Gasteiger partial charge on any atom is -0.382 e. The van der Waals surface area contributed by atoms with Crippen LogP contribution in [-0.2, 0) is 0 Å². The number of aromatic nitrogens is 6. The Morgan fingerprint density at radius 1 is 1.23 bits per heavy atom. The highest BCUT2D eigenvalue weighted by Crippen LogP contribution is 2.43. The number of rotatable bonds is 5. The summed E-state index contributed by atoms with van der Waals surface area (Å²) in [6.07, 6.45) is 3.35. The number of nitrogen functional groups attached to an aromatic ring is 2. The Bertz CT molecular complexity index is 1350. The largest absolute Gasteiger partial charge is 0.382 e. The van der Waals surface area contributed by atoms with Gasteiger partial charge in [-0.25, -0.2) is 13.9 Å². The molecule has 158 valence electrons. The van der Waals surface area contributed by atoms with E-state index in [-0.39, 0.29) is 45.2 Å². The first-order chi connectivity index (χ1) is 14.9. The van der Waals surface area contributed by atoms with Gasteiger partial charge in [-0.05, 0) is 30.9 Å². The fourth-order valence-corrected chi connectivity index (χ4v) is 3.70. The Kier molecular flexibility index (Phi) is 4.47. The van der Waals surface area contributed by atoms with Gasteiger partial charge in [-0.3, -0.25) is 9.89 Å². The predicted molar refractivity (Wildman–Crippen MR) is 114 cm³/mol. The number of nitrogens with zero attached hydrogens (tertiary/aromatic N) is 5. The highest BCUT2D eigenvalue weighted by molar-refractivity contribution is 6.35. The van der Waals surface area contributed by atoms with Gasteiger partial charge in [-0.1, -0.05) is 17.7 Å². The minimum atomic E-state index is -0.652. The Hall–Kier alpha value is -3.73. The van der Waals surface area contributed by atoms with Gasteiger partial charge < -0.3 is 16.8 Å². The molecule has 10 nitrogen and oxygen atoms in total. The first-order valence-electron chi connectivity index (χ1n) is 9.50. The second-order valence-corrected chi connectivity index (χ2v) is 7.64. The zero-order chi connectivity index (χ0) is 21.7. The number of nitrogens with one attached hydrogen (secondary N) is 2.